The summed E-state index contributed by atoms with van der Waals surface area (Å²) in [5, 5.41) is 42.2. The molecule has 0 aromatic heterocycles. The van der Waals surface area contributed by atoms with Crippen molar-refractivity contribution in [3.05, 3.63) is 59.7 Å². The summed E-state index contributed by atoms with van der Waals surface area (Å²) in [6.45, 7) is 2.61. The summed E-state index contributed by atoms with van der Waals surface area (Å²) < 4.78 is 17.0. The number of nitrogens with one attached hydrogen (secondary N) is 1. The van der Waals surface area contributed by atoms with Gasteiger partial charge in [0.2, 0.25) is 6.29 Å². The maximum absolute atomic E-state index is 11.3. The summed E-state index contributed by atoms with van der Waals surface area (Å²) in [5.74, 6) is -0.532. The van der Waals surface area contributed by atoms with E-state index in [1.807, 2.05) is 44.3 Å². The number of aliphatic hydroxyl groups excluding tert-OH is 3. The van der Waals surface area contributed by atoms with Crippen molar-refractivity contribution in [1.82, 2.24) is 5.32 Å². The molecule has 0 saturated carbocycles. The summed E-state index contributed by atoms with van der Waals surface area (Å²) in [7, 11) is 1.88. The zero-order valence-corrected chi connectivity index (χ0v) is 17.9. The highest BCUT2D eigenvalue weighted by molar-refractivity contribution is 5.73. The zero-order chi connectivity index (χ0) is 23.3. The van der Waals surface area contributed by atoms with Gasteiger partial charge >= 0.3 is 5.97 Å². The minimum atomic E-state index is -1.77. The standard InChI is InChI=1S/C23H29NO8/c1-13-12-15(30-23-20(27)18(25)19(26)21(32-23)22(28)29)8-9-16(13)31-17(10-11-24-2)14-6-4-3-5-7-14/h3-9,12,17-21,23-27H,10-11H2,1-2H3,(H,28,29)/t17-,18+,19+,20-,21+,23?/m1/s1. The highest BCUT2D eigenvalue weighted by Gasteiger charge is 2.48. The fraction of sp³-hybridized carbons (Fsp3) is 0.435. The van der Waals surface area contributed by atoms with Gasteiger partial charge in [-0.3, -0.25) is 0 Å². The molecule has 1 aliphatic heterocycles. The highest BCUT2D eigenvalue weighted by atomic mass is 16.7. The largest absolute Gasteiger partial charge is 0.485 e. The van der Waals surface area contributed by atoms with Crippen molar-refractivity contribution in [3.63, 3.8) is 0 Å². The highest BCUT2D eigenvalue weighted by Crippen LogP contribution is 2.31. The molecular formula is C23H29NO8. The number of aliphatic hydroxyl groups is 3. The molecule has 1 heterocycles. The van der Waals surface area contributed by atoms with E-state index in [1.54, 1.807) is 18.2 Å². The van der Waals surface area contributed by atoms with Crippen LogP contribution in [0.1, 0.15) is 23.7 Å². The number of rotatable bonds is 9. The van der Waals surface area contributed by atoms with Gasteiger partial charge in [0.05, 0.1) is 0 Å². The lowest BCUT2D eigenvalue weighted by molar-refractivity contribution is -0.271. The molecule has 0 bridgehead atoms. The first-order chi connectivity index (χ1) is 15.3. The number of carbonyl (C=O) groups is 1. The van der Waals surface area contributed by atoms with E-state index < -0.39 is 36.7 Å². The minimum absolute atomic E-state index is 0.162. The lowest BCUT2D eigenvalue weighted by atomic mass is 9.99. The van der Waals surface area contributed by atoms with Crippen molar-refractivity contribution >= 4 is 5.97 Å². The van der Waals surface area contributed by atoms with Crippen LogP contribution in [-0.2, 0) is 9.53 Å². The summed E-state index contributed by atoms with van der Waals surface area (Å²) in [6.07, 6.45) is -7.71. The SMILES string of the molecule is CNCC[C@@H](Oc1ccc(OC2O[C@H](C(=O)O)[C@@H](O)[C@H](O)[C@H]2O)cc1C)c1ccccc1. The molecule has 0 spiro atoms. The quantitative estimate of drug-likeness (QED) is 0.381. The molecule has 174 valence electrons. The molecule has 1 unspecified atom stereocenters. The van der Waals surface area contributed by atoms with E-state index in [1.165, 1.54) is 0 Å². The van der Waals surface area contributed by atoms with Gasteiger partial charge < -0.3 is 40.0 Å². The predicted molar refractivity (Wildman–Crippen MR) is 114 cm³/mol. The Labute approximate surface area is 186 Å². The zero-order valence-electron chi connectivity index (χ0n) is 17.9. The molecule has 3 rings (SSSR count). The summed E-state index contributed by atoms with van der Waals surface area (Å²) in [5.41, 5.74) is 1.81. The average Bonchev–Trinajstić information content (AvgIpc) is 2.78. The Kier molecular flexibility index (Phi) is 8.05. The first kappa shape index (κ1) is 24.0. The van der Waals surface area contributed by atoms with Gasteiger partial charge in [-0.25, -0.2) is 4.79 Å². The van der Waals surface area contributed by atoms with Crippen LogP contribution in [0.15, 0.2) is 48.5 Å². The number of carboxylic acids is 1. The Morgan fingerprint density at radius 2 is 1.81 bits per heavy atom. The number of aryl methyl sites for hydroxylation is 1. The van der Waals surface area contributed by atoms with Crippen LogP contribution in [-0.4, -0.2) is 70.7 Å². The van der Waals surface area contributed by atoms with Crippen molar-refractivity contribution in [2.45, 2.75) is 50.2 Å². The molecule has 2 aromatic carbocycles. The summed E-state index contributed by atoms with van der Waals surface area (Å²) in [4.78, 5) is 11.3. The van der Waals surface area contributed by atoms with Crippen LogP contribution in [0.25, 0.3) is 0 Å². The summed E-state index contributed by atoms with van der Waals surface area (Å²) >= 11 is 0. The molecule has 0 aliphatic carbocycles. The van der Waals surface area contributed by atoms with Gasteiger partial charge in [0.1, 0.15) is 35.9 Å². The summed E-state index contributed by atoms with van der Waals surface area (Å²) in [6, 6.07) is 14.9. The topological polar surface area (TPSA) is 138 Å². The van der Waals surface area contributed by atoms with Crippen LogP contribution >= 0.6 is 0 Å². The Morgan fingerprint density at radius 1 is 1.09 bits per heavy atom. The van der Waals surface area contributed by atoms with Gasteiger partial charge in [-0.1, -0.05) is 30.3 Å². The van der Waals surface area contributed by atoms with E-state index in [9.17, 15) is 20.1 Å². The second kappa shape index (κ2) is 10.8. The van der Waals surface area contributed by atoms with Gasteiger partial charge in [-0.15, -0.1) is 0 Å². The third-order valence-electron chi connectivity index (χ3n) is 5.31. The smallest absolute Gasteiger partial charge is 0.335 e. The molecule has 9 nitrogen and oxygen atoms in total. The van der Waals surface area contributed by atoms with E-state index >= 15 is 0 Å². The molecular weight excluding hydrogens is 418 g/mol. The Morgan fingerprint density at radius 3 is 2.44 bits per heavy atom. The van der Waals surface area contributed by atoms with Crippen LogP contribution in [0.3, 0.4) is 0 Å². The molecule has 9 heteroatoms. The number of benzene rings is 2. The monoisotopic (exact) mass is 447 g/mol. The van der Waals surface area contributed by atoms with Crippen molar-refractivity contribution in [2.75, 3.05) is 13.6 Å². The van der Waals surface area contributed by atoms with Crippen molar-refractivity contribution in [2.24, 2.45) is 0 Å². The van der Waals surface area contributed by atoms with Crippen LogP contribution in [0, 0.1) is 6.92 Å². The second-order valence-corrected chi connectivity index (χ2v) is 7.69. The van der Waals surface area contributed by atoms with Gasteiger partial charge in [0.15, 0.2) is 6.10 Å². The van der Waals surface area contributed by atoms with Crippen LogP contribution in [0.2, 0.25) is 0 Å². The van der Waals surface area contributed by atoms with Gasteiger partial charge in [0, 0.05) is 6.42 Å². The number of hydrogen-bond acceptors (Lipinski definition) is 8. The first-order valence-corrected chi connectivity index (χ1v) is 10.4. The molecule has 1 saturated heterocycles. The second-order valence-electron chi connectivity index (χ2n) is 7.69. The van der Waals surface area contributed by atoms with Gasteiger partial charge in [0.25, 0.3) is 0 Å². The maximum Gasteiger partial charge on any atom is 0.335 e. The van der Waals surface area contributed by atoms with E-state index in [4.69, 9.17) is 19.3 Å². The number of carboxylic acid groups (broad SMARTS) is 1. The molecule has 0 radical (unpaired) electrons. The fourth-order valence-electron chi connectivity index (χ4n) is 3.50. The van der Waals surface area contributed by atoms with Crippen LogP contribution in [0.4, 0.5) is 0 Å². The first-order valence-electron chi connectivity index (χ1n) is 10.4. The van der Waals surface area contributed by atoms with Gasteiger partial charge in [-0.05, 0) is 49.8 Å². The van der Waals surface area contributed by atoms with E-state index in [-0.39, 0.29) is 11.9 Å². The molecule has 6 atom stereocenters. The molecule has 1 aliphatic rings. The van der Waals surface area contributed by atoms with Crippen LogP contribution in [0.5, 0.6) is 11.5 Å². The van der Waals surface area contributed by atoms with Crippen molar-refractivity contribution in [3.8, 4) is 11.5 Å². The Balaban J connectivity index is 1.73. The predicted octanol–water partition coefficient (Wildman–Crippen LogP) is 0.996. The average molecular weight is 447 g/mol. The lowest BCUT2D eigenvalue weighted by Crippen LogP contribution is -2.61. The number of ether oxygens (including phenoxy) is 3. The fourth-order valence-corrected chi connectivity index (χ4v) is 3.50. The van der Waals surface area contributed by atoms with Crippen LogP contribution < -0.4 is 14.8 Å². The third-order valence-corrected chi connectivity index (χ3v) is 5.31. The molecule has 2 aromatic rings. The van der Waals surface area contributed by atoms with E-state index in [0.717, 1.165) is 24.1 Å². The number of aliphatic carboxylic acids is 1. The molecule has 0 amide bonds. The van der Waals surface area contributed by atoms with Crippen molar-refractivity contribution in [1.29, 1.82) is 0 Å². The Bertz CT molecular complexity index is 893. The van der Waals surface area contributed by atoms with Gasteiger partial charge in [-0.2, -0.15) is 0 Å². The third kappa shape index (κ3) is 5.56. The maximum atomic E-state index is 11.3. The lowest BCUT2D eigenvalue weighted by Gasteiger charge is -2.38. The number of hydrogen-bond donors (Lipinski definition) is 5. The minimum Gasteiger partial charge on any atom is -0.485 e. The molecule has 32 heavy (non-hydrogen) atoms. The normalized spacial score (nSPS) is 26.3. The van der Waals surface area contributed by atoms with E-state index in [2.05, 4.69) is 5.32 Å². The molecule has 5 N–H and O–H groups in total. The Hall–Kier alpha value is -2.69. The van der Waals surface area contributed by atoms with Crippen molar-refractivity contribution < 1.29 is 39.4 Å². The molecule has 1 fully saturated rings. The van der Waals surface area contributed by atoms with E-state index in [0.29, 0.717) is 5.75 Å².